The Morgan fingerprint density at radius 2 is 2.04 bits per heavy atom. The molecule has 3 rings (SSSR count). The topological polar surface area (TPSA) is 63.5 Å². The number of benzene rings is 1. The van der Waals surface area contributed by atoms with E-state index in [1.54, 1.807) is 0 Å². The zero-order valence-electron chi connectivity index (χ0n) is 14.7. The first-order valence-corrected chi connectivity index (χ1v) is 8.84. The Morgan fingerprint density at radius 1 is 1.29 bits per heavy atom. The molecule has 24 heavy (non-hydrogen) atoms. The number of fused-ring (bicyclic) bond motifs is 1. The molecule has 0 radical (unpaired) electrons. The van der Waals surface area contributed by atoms with E-state index in [-0.39, 0.29) is 35.3 Å². The van der Waals surface area contributed by atoms with E-state index in [4.69, 9.17) is 0 Å². The van der Waals surface area contributed by atoms with Gasteiger partial charge < -0.3 is 4.90 Å². The van der Waals surface area contributed by atoms with Crippen LogP contribution >= 0.6 is 0 Å². The van der Waals surface area contributed by atoms with Crippen molar-refractivity contribution in [1.82, 2.24) is 4.90 Å². The van der Waals surface area contributed by atoms with Gasteiger partial charge in [-0.1, -0.05) is 25.1 Å². The zero-order chi connectivity index (χ0) is 17.4. The van der Waals surface area contributed by atoms with Crippen molar-refractivity contribution in [2.75, 3.05) is 13.1 Å². The van der Waals surface area contributed by atoms with Gasteiger partial charge in [-0.3, -0.25) is 14.9 Å². The molecule has 0 N–H and O–H groups in total. The van der Waals surface area contributed by atoms with Crippen LogP contribution in [-0.4, -0.2) is 34.9 Å². The van der Waals surface area contributed by atoms with E-state index in [0.717, 1.165) is 19.4 Å². The Bertz CT molecular complexity index is 658. The van der Waals surface area contributed by atoms with Gasteiger partial charge >= 0.3 is 0 Å². The summed E-state index contributed by atoms with van der Waals surface area (Å²) < 4.78 is 0. The lowest BCUT2D eigenvalue weighted by atomic mass is 9.89. The lowest BCUT2D eigenvalue weighted by molar-refractivity contribution is -0.490. The number of aryl methyl sites for hydroxylation is 2. The second kappa shape index (κ2) is 6.54. The predicted octanol–water partition coefficient (Wildman–Crippen LogP) is 3.00. The Balaban J connectivity index is 1.67. The van der Waals surface area contributed by atoms with Gasteiger partial charge in [0.25, 0.3) is 0 Å². The van der Waals surface area contributed by atoms with Crippen LogP contribution < -0.4 is 0 Å². The SMILES string of the molecule is Cc1ccc(CCN2C(=O)C[C@@H]3[C@H](C[N+](=O)[O-])[C@@H](C)C[C@@H]32)cc1C. The molecule has 0 bridgehead atoms. The van der Waals surface area contributed by atoms with Gasteiger partial charge in [0.1, 0.15) is 0 Å². The summed E-state index contributed by atoms with van der Waals surface area (Å²) in [5, 5.41) is 10.9. The largest absolute Gasteiger partial charge is 0.339 e. The highest BCUT2D eigenvalue weighted by molar-refractivity contribution is 5.79. The highest BCUT2D eigenvalue weighted by atomic mass is 16.6. The van der Waals surface area contributed by atoms with Crippen molar-refractivity contribution in [3.63, 3.8) is 0 Å². The average molecular weight is 330 g/mol. The van der Waals surface area contributed by atoms with E-state index < -0.39 is 0 Å². The number of carbonyl (C=O) groups excluding carboxylic acids is 1. The molecule has 1 heterocycles. The van der Waals surface area contributed by atoms with Crippen LogP contribution in [0.1, 0.15) is 36.5 Å². The van der Waals surface area contributed by atoms with Crippen molar-refractivity contribution in [3.8, 4) is 0 Å². The monoisotopic (exact) mass is 330 g/mol. The molecule has 1 saturated carbocycles. The normalized spacial score (nSPS) is 29.1. The summed E-state index contributed by atoms with van der Waals surface area (Å²) in [5.74, 6) is 0.704. The number of carbonyl (C=O) groups is 1. The highest BCUT2D eigenvalue weighted by Gasteiger charge is 2.51. The maximum Gasteiger partial charge on any atom is 0.223 e. The minimum Gasteiger partial charge on any atom is -0.339 e. The first kappa shape index (κ1) is 16.9. The lowest BCUT2D eigenvalue weighted by Gasteiger charge is -2.24. The van der Waals surface area contributed by atoms with Crippen LogP contribution in [0, 0.1) is 41.7 Å². The molecular weight excluding hydrogens is 304 g/mol. The first-order valence-electron chi connectivity index (χ1n) is 8.84. The van der Waals surface area contributed by atoms with E-state index >= 15 is 0 Å². The van der Waals surface area contributed by atoms with E-state index in [9.17, 15) is 14.9 Å². The molecule has 130 valence electrons. The number of rotatable bonds is 5. The number of nitro groups is 1. The first-order chi connectivity index (χ1) is 11.4. The predicted molar refractivity (Wildman–Crippen MR) is 92.4 cm³/mol. The second-order valence-corrected chi connectivity index (χ2v) is 7.58. The molecule has 1 amide bonds. The highest BCUT2D eigenvalue weighted by Crippen LogP contribution is 2.46. The molecule has 1 saturated heterocycles. The molecule has 0 unspecified atom stereocenters. The van der Waals surface area contributed by atoms with Crippen LogP contribution in [0.5, 0.6) is 0 Å². The van der Waals surface area contributed by atoms with E-state index in [0.29, 0.717) is 12.3 Å². The van der Waals surface area contributed by atoms with Crippen LogP contribution in [-0.2, 0) is 11.2 Å². The van der Waals surface area contributed by atoms with Gasteiger partial charge in [0.2, 0.25) is 12.5 Å². The molecule has 2 fully saturated rings. The number of likely N-dealkylation sites (tertiary alicyclic amines) is 1. The van der Waals surface area contributed by atoms with Gasteiger partial charge in [-0.2, -0.15) is 0 Å². The van der Waals surface area contributed by atoms with Gasteiger partial charge in [0.05, 0.1) is 0 Å². The van der Waals surface area contributed by atoms with Crippen molar-refractivity contribution >= 4 is 5.91 Å². The van der Waals surface area contributed by atoms with Gasteiger partial charge in [0.15, 0.2) is 0 Å². The smallest absolute Gasteiger partial charge is 0.223 e. The Morgan fingerprint density at radius 3 is 2.71 bits per heavy atom. The summed E-state index contributed by atoms with van der Waals surface area (Å²) in [6.45, 7) is 7.03. The second-order valence-electron chi connectivity index (χ2n) is 7.58. The van der Waals surface area contributed by atoms with Crippen molar-refractivity contribution in [2.24, 2.45) is 17.8 Å². The third kappa shape index (κ3) is 3.17. The lowest BCUT2D eigenvalue weighted by Crippen LogP contribution is -2.35. The van der Waals surface area contributed by atoms with Crippen LogP contribution in [0.2, 0.25) is 0 Å². The average Bonchev–Trinajstić information content (AvgIpc) is 2.96. The molecular formula is C19H26N2O3. The summed E-state index contributed by atoms with van der Waals surface area (Å²) in [7, 11) is 0. The quantitative estimate of drug-likeness (QED) is 0.616. The van der Waals surface area contributed by atoms with Crippen LogP contribution in [0.15, 0.2) is 18.2 Å². The van der Waals surface area contributed by atoms with Gasteiger partial charge in [0, 0.05) is 29.8 Å². The molecule has 1 aliphatic carbocycles. The molecule has 2 aliphatic rings. The van der Waals surface area contributed by atoms with Crippen LogP contribution in [0.4, 0.5) is 0 Å². The molecule has 4 atom stereocenters. The minimum absolute atomic E-state index is 0.000605. The molecule has 0 aromatic heterocycles. The number of hydrogen-bond donors (Lipinski definition) is 0. The van der Waals surface area contributed by atoms with Gasteiger partial charge in [-0.15, -0.1) is 0 Å². The number of hydrogen-bond acceptors (Lipinski definition) is 3. The Kier molecular flexibility index (Phi) is 4.61. The van der Waals surface area contributed by atoms with E-state index in [2.05, 4.69) is 39.0 Å². The number of amides is 1. The summed E-state index contributed by atoms with van der Waals surface area (Å²) in [4.78, 5) is 25.1. The fourth-order valence-corrected chi connectivity index (χ4v) is 4.57. The standard InChI is InChI=1S/C19H26N2O3/c1-12-4-5-15(8-13(12)2)6-7-20-18-9-14(3)17(11-21(23)24)16(18)10-19(20)22/h4-5,8,14,16-18H,6-7,9-11H2,1-3H3/t14-,16+,17+,18-/m0/s1. The fraction of sp³-hybridized carbons (Fsp3) is 0.632. The molecule has 1 aromatic rings. The maximum atomic E-state index is 12.4. The summed E-state index contributed by atoms with van der Waals surface area (Å²) in [6, 6.07) is 6.65. The minimum atomic E-state index is -0.217. The van der Waals surface area contributed by atoms with Crippen molar-refractivity contribution < 1.29 is 9.72 Å². The van der Waals surface area contributed by atoms with Gasteiger partial charge in [-0.25, -0.2) is 0 Å². The van der Waals surface area contributed by atoms with Crippen molar-refractivity contribution in [2.45, 2.75) is 46.1 Å². The van der Waals surface area contributed by atoms with E-state index in [1.165, 1.54) is 16.7 Å². The summed E-state index contributed by atoms with van der Waals surface area (Å²) >= 11 is 0. The molecule has 5 heteroatoms. The fourth-order valence-electron chi connectivity index (χ4n) is 4.57. The third-order valence-corrected chi connectivity index (χ3v) is 6.09. The summed E-state index contributed by atoms with van der Waals surface area (Å²) in [6.07, 6.45) is 2.24. The molecule has 1 aliphatic heterocycles. The Hall–Kier alpha value is -1.91. The van der Waals surface area contributed by atoms with Crippen molar-refractivity contribution in [1.29, 1.82) is 0 Å². The molecule has 5 nitrogen and oxygen atoms in total. The molecule has 0 spiro atoms. The van der Waals surface area contributed by atoms with Crippen LogP contribution in [0.3, 0.4) is 0 Å². The number of nitrogens with zero attached hydrogens (tertiary/aromatic N) is 2. The van der Waals surface area contributed by atoms with Crippen molar-refractivity contribution in [3.05, 3.63) is 45.0 Å². The Labute approximate surface area is 143 Å². The third-order valence-electron chi connectivity index (χ3n) is 6.09. The maximum absolute atomic E-state index is 12.4. The van der Waals surface area contributed by atoms with E-state index in [1.807, 2.05) is 4.90 Å². The summed E-state index contributed by atoms with van der Waals surface area (Å²) in [5.41, 5.74) is 3.81. The van der Waals surface area contributed by atoms with Crippen LogP contribution in [0.25, 0.3) is 0 Å². The van der Waals surface area contributed by atoms with Gasteiger partial charge in [-0.05, 0) is 55.2 Å². The zero-order valence-corrected chi connectivity index (χ0v) is 14.7. The molecule has 1 aromatic carbocycles.